The van der Waals surface area contributed by atoms with Gasteiger partial charge in [0.25, 0.3) is 0 Å². The van der Waals surface area contributed by atoms with E-state index in [0.29, 0.717) is 6.54 Å². The van der Waals surface area contributed by atoms with E-state index in [0.717, 1.165) is 31.4 Å². The van der Waals surface area contributed by atoms with Crippen LogP contribution in [-0.4, -0.2) is 44.0 Å². The Labute approximate surface area is 145 Å². The highest BCUT2D eigenvalue weighted by molar-refractivity contribution is 7.88. The molecule has 24 heavy (non-hydrogen) atoms. The molecule has 1 aliphatic carbocycles. The van der Waals surface area contributed by atoms with Crippen molar-refractivity contribution in [3.05, 3.63) is 30.3 Å². The van der Waals surface area contributed by atoms with Gasteiger partial charge in [-0.1, -0.05) is 37.5 Å². The summed E-state index contributed by atoms with van der Waals surface area (Å²) in [5, 5.41) is 0. The van der Waals surface area contributed by atoms with Gasteiger partial charge in [0.05, 0.1) is 6.26 Å². The lowest BCUT2D eigenvalue weighted by Crippen LogP contribution is -2.43. The maximum Gasteiger partial charge on any atom is 0.228 e. The molecule has 1 fully saturated rings. The molecule has 0 aromatic heterocycles. The topological polar surface area (TPSA) is 57.7 Å². The van der Waals surface area contributed by atoms with Crippen molar-refractivity contribution >= 4 is 21.6 Å². The van der Waals surface area contributed by atoms with Crippen LogP contribution >= 0.6 is 0 Å². The van der Waals surface area contributed by atoms with Crippen LogP contribution in [0.2, 0.25) is 0 Å². The van der Waals surface area contributed by atoms with Crippen molar-refractivity contribution in [3.63, 3.8) is 0 Å². The number of benzene rings is 1. The smallest absolute Gasteiger partial charge is 0.228 e. The largest absolute Gasteiger partial charge is 0.313 e. The number of anilines is 1. The molecule has 5 nitrogen and oxygen atoms in total. The van der Waals surface area contributed by atoms with Crippen LogP contribution in [-0.2, 0) is 14.8 Å². The number of sulfonamides is 1. The van der Waals surface area contributed by atoms with Crippen molar-refractivity contribution in [3.8, 4) is 0 Å². The van der Waals surface area contributed by atoms with Crippen molar-refractivity contribution in [2.24, 2.45) is 0 Å². The zero-order chi connectivity index (χ0) is 17.6. The standard InChI is InChI=1S/C18H28N2O3S/c1-3-19(16-10-6-4-7-11-16)18(21)14-15-20(24(2,22)23)17-12-8-5-9-13-17/h4,6-7,10-11,17H,3,5,8-9,12-15H2,1-2H3. The number of para-hydroxylation sites is 1. The molecule has 0 spiro atoms. The summed E-state index contributed by atoms with van der Waals surface area (Å²) in [6.45, 7) is 2.77. The molecule has 1 amide bonds. The van der Waals surface area contributed by atoms with Gasteiger partial charge in [-0.05, 0) is 31.9 Å². The Morgan fingerprint density at radius 2 is 1.75 bits per heavy atom. The molecule has 0 N–H and O–H groups in total. The van der Waals surface area contributed by atoms with Gasteiger partial charge in [-0.25, -0.2) is 8.42 Å². The summed E-state index contributed by atoms with van der Waals surface area (Å²) in [5.41, 5.74) is 0.855. The third-order valence-corrected chi connectivity index (χ3v) is 5.97. The third-order valence-electron chi connectivity index (χ3n) is 4.64. The van der Waals surface area contributed by atoms with Crippen LogP contribution in [0.5, 0.6) is 0 Å². The minimum Gasteiger partial charge on any atom is -0.313 e. The molecular weight excluding hydrogens is 324 g/mol. The predicted octanol–water partition coefficient (Wildman–Crippen LogP) is 3.02. The molecule has 1 aromatic rings. The Morgan fingerprint density at radius 3 is 2.29 bits per heavy atom. The zero-order valence-electron chi connectivity index (χ0n) is 14.6. The number of hydrogen-bond donors (Lipinski definition) is 0. The summed E-state index contributed by atoms with van der Waals surface area (Å²) in [6.07, 6.45) is 6.57. The van der Waals surface area contributed by atoms with E-state index in [-0.39, 0.29) is 24.9 Å². The van der Waals surface area contributed by atoms with E-state index in [1.54, 1.807) is 9.21 Å². The lowest BCUT2D eigenvalue weighted by Gasteiger charge is -2.32. The van der Waals surface area contributed by atoms with E-state index < -0.39 is 10.0 Å². The van der Waals surface area contributed by atoms with E-state index in [1.165, 1.54) is 12.7 Å². The van der Waals surface area contributed by atoms with Gasteiger partial charge < -0.3 is 4.90 Å². The summed E-state index contributed by atoms with van der Waals surface area (Å²) in [6, 6.07) is 9.56. The molecule has 0 unspecified atom stereocenters. The van der Waals surface area contributed by atoms with Gasteiger partial charge in [-0.15, -0.1) is 0 Å². The lowest BCUT2D eigenvalue weighted by molar-refractivity contribution is -0.118. The van der Waals surface area contributed by atoms with Gasteiger partial charge in [0.2, 0.25) is 15.9 Å². The Morgan fingerprint density at radius 1 is 1.12 bits per heavy atom. The van der Waals surface area contributed by atoms with E-state index in [1.807, 2.05) is 37.3 Å². The molecule has 1 aliphatic rings. The second-order valence-electron chi connectivity index (χ2n) is 6.39. The molecule has 0 heterocycles. The maximum atomic E-state index is 12.6. The fourth-order valence-corrected chi connectivity index (χ4v) is 4.62. The van der Waals surface area contributed by atoms with Crippen LogP contribution in [0.3, 0.4) is 0 Å². The molecule has 0 aliphatic heterocycles. The van der Waals surface area contributed by atoms with Crippen LogP contribution in [0.25, 0.3) is 0 Å². The first-order chi connectivity index (χ1) is 11.4. The van der Waals surface area contributed by atoms with E-state index in [9.17, 15) is 13.2 Å². The molecule has 0 bridgehead atoms. The normalized spacial score (nSPS) is 16.3. The summed E-state index contributed by atoms with van der Waals surface area (Å²) in [5.74, 6) is -0.0341. The number of carbonyl (C=O) groups is 1. The second-order valence-corrected chi connectivity index (χ2v) is 8.32. The van der Waals surface area contributed by atoms with Crippen LogP contribution in [0, 0.1) is 0 Å². The van der Waals surface area contributed by atoms with Crippen molar-refractivity contribution in [1.82, 2.24) is 4.31 Å². The third kappa shape index (κ3) is 5.05. The fraction of sp³-hybridized carbons (Fsp3) is 0.611. The summed E-state index contributed by atoms with van der Waals surface area (Å²) >= 11 is 0. The molecular formula is C18H28N2O3S. The highest BCUT2D eigenvalue weighted by Crippen LogP contribution is 2.25. The van der Waals surface area contributed by atoms with Gasteiger partial charge in [0, 0.05) is 31.2 Å². The van der Waals surface area contributed by atoms with Crippen LogP contribution in [0.4, 0.5) is 5.69 Å². The first-order valence-electron chi connectivity index (χ1n) is 8.75. The summed E-state index contributed by atoms with van der Waals surface area (Å²) < 4.78 is 25.9. The quantitative estimate of drug-likeness (QED) is 0.758. The summed E-state index contributed by atoms with van der Waals surface area (Å²) in [4.78, 5) is 14.3. The lowest BCUT2D eigenvalue weighted by atomic mass is 9.95. The molecule has 6 heteroatoms. The summed E-state index contributed by atoms with van der Waals surface area (Å²) in [7, 11) is -3.29. The molecule has 0 saturated heterocycles. The van der Waals surface area contributed by atoms with Crippen molar-refractivity contribution in [2.45, 2.75) is 51.5 Å². The monoisotopic (exact) mass is 352 g/mol. The minimum absolute atomic E-state index is 0.0341. The van der Waals surface area contributed by atoms with Gasteiger partial charge in [0.1, 0.15) is 0 Å². The Kier molecular flexibility index (Phi) is 6.80. The van der Waals surface area contributed by atoms with E-state index >= 15 is 0 Å². The molecule has 134 valence electrons. The number of nitrogens with zero attached hydrogens (tertiary/aromatic N) is 2. The zero-order valence-corrected chi connectivity index (χ0v) is 15.5. The van der Waals surface area contributed by atoms with E-state index in [2.05, 4.69) is 0 Å². The first kappa shape index (κ1) is 18.9. The van der Waals surface area contributed by atoms with Crippen molar-refractivity contribution in [1.29, 1.82) is 0 Å². The van der Waals surface area contributed by atoms with Gasteiger partial charge in [0.15, 0.2) is 0 Å². The molecule has 2 rings (SSSR count). The fourth-order valence-electron chi connectivity index (χ4n) is 3.44. The molecule has 1 saturated carbocycles. The average molecular weight is 352 g/mol. The first-order valence-corrected chi connectivity index (χ1v) is 10.6. The van der Waals surface area contributed by atoms with Crippen LogP contribution in [0.1, 0.15) is 45.4 Å². The number of hydrogen-bond acceptors (Lipinski definition) is 3. The van der Waals surface area contributed by atoms with Crippen molar-refractivity contribution in [2.75, 3.05) is 24.2 Å². The van der Waals surface area contributed by atoms with Crippen LogP contribution in [0.15, 0.2) is 30.3 Å². The Hall–Kier alpha value is -1.40. The Balaban J connectivity index is 2.03. The SMILES string of the molecule is CCN(C(=O)CCN(C1CCCCC1)S(C)(=O)=O)c1ccccc1. The second kappa shape index (κ2) is 8.62. The molecule has 0 atom stereocenters. The maximum absolute atomic E-state index is 12.6. The van der Waals surface area contributed by atoms with Crippen LogP contribution < -0.4 is 4.90 Å². The van der Waals surface area contributed by atoms with E-state index in [4.69, 9.17) is 0 Å². The number of carbonyl (C=O) groups excluding carboxylic acids is 1. The molecule has 1 aromatic carbocycles. The molecule has 0 radical (unpaired) electrons. The number of rotatable bonds is 7. The minimum atomic E-state index is -3.29. The number of amides is 1. The average Bonchev–Trinajstić information content (AvgIpc) is 2.56. The Bertz CT molecular complexity index is 625. The van der Waals surface area contributed by atoms with Gasteiger partial charge in [-0.3, -0.25) is 4.79 Å². The van der Waals surface area contributed by atoms with Crippen molar-refractivity contribution < 1.29 is 13.2 Å². The highest BCUT2D eigenvalue weighted by atomic mass is 32.2. The van der Waals surface area contributed by atoms with Gasteiger partial charge in [-0.2, -0.15) is 4.31 Å². The van der Waals surface area contributed by atoms with Gasteiger partial charge >= 0.3 is 0 Å². The highest BCUT2D eigenvalue weighted by Gasteiger charge is 2.29. The predicted molar refractivity (Wildman–Crippen MR) is 97.5 cm³/mol.